The second kappa shape index (κ2) is 7.22. The standard InChI is InChI=1S/C24H18O6/c1-2-27-24(26)22-19(18-13-12-16(28-18)14-8-4-3-5-9-14)20-21(30-22)15-10-6-7-11-17(15)29-23(20)25/h3-13,19,22H,2H2,1H3. The first-order valence-corrected chi connectivity index (χ1v) is 9.71. The molecule has 2 unspecified atom stereocenters. The fourth-order valence-electron chi connectivity index (χ4n) is 3.85. The summed E-state index contributed by atoms with van der Waals surface area (Å²) in [5.41, 5.74) is 0.994. The number of carbonyl (C=O) groups excluding carboxylic acids is 1. The van der Waals surface area contributed by atoms with Crippen molar-refractivity contribution in [2.24, 2.45) is 0 Å². The molecule has 5 rings (SSSR count). The minimum atomic E-state index is -1.04. The molecule has 0 aliphatic carbocycles. The van der Waals surface area contributed by atoms with Crippen molar-refractivity contribution >= 4 is 16.9 Å². The maximum absolute atomic E-state index is 12.9. The van der Waals surface area contributed by atoms with Crippen molar-refractivity contribution < 1.29 is 23.1 Å². The normalized spacial score (nSPS) is 17.5. The molecule has 0 bridgehead atoms. The number of para-hydroxylation sites is 1. The van der Waals surface area contributed by atoms with Gasteiger partial charge < -0.3 is 18.3 Å². The first-order chi connectivity index (χ1) is 14.7. The molecule has 0 radical (unpaired) electrons. The van der Waals surface area contributed by atoms with Crippen LogP contribution in [-0.2, 0) is 9.53 Å². The molecule has 0 N–H and O–H groups in total. The van der Waals surface area contributed by atoms with Gasteiger partial charge in [-0.3, -0.25) is 0 Å². The average Bonchev–Trinajstić information content (AvgIpc) is 3.40. The number of furan rings is 1. The first-order valence-electron chi connectivity index (χ1n) is 9.71. The van der Waals surface area contributed by atoms with E-state index in [-0.39, 0.29) is 12.2 Å². The van der Waals surface area contributed by atoms with E-state index in [4.69, 9.17) is 18.3 Å². The lowest BCUT2D eigenvalue weighted by Gasteiger charge is -2.15. The Morgan fingerprint density at radius 1 is 0.967 bits per heavy atom. The van der Waals surface area contributed by atoms with Gasteiger partial charge in [0.05, 0.1) is 17.6 Å². The molecule has 150 valence electrons. The molecule has 0 spiro atoms. The number of rotatable bonds is 4. The largest absolute Gasteiger partial charge is 0.476 e. The Morgan fingerprint density at radius 2 is 1.73 bits per heavy atom. The summed E-state index contributed by atoms with van der Waals surface area (Å²) in [5, 5.41) is 0.624. The number of carbonyl (C=O) groups is 1. The van der Waals surface area contributed by atoms with Gasteiger partial charge in [-0.25, -0.2) is 9.59 Å². The Hall–Kier alpha value is -3.80. The minimum Gasteiger partial charge on any atom is -0.476 e. The van der Waals surface area contributed by atoms with Crippen molar-refractivity contribution in [3.05, 3.63) is 88.5 Å². The number of ether oxygens (including phenoxy) is 2. The van der Waals surface area contributed by atoms with E-state index in [1.807, 2.05) is 42.5 Å². The van der Waals surface area contributed by atoms with Crippen LogP contribution in [0.2, 0.25) is 0 Å². The Labute approximate surface area is 171 Å². The molecule has 2 aromatic carbocycles. The molecule has 1 aliphatic rings. The van der Waals surface area contributed by atoms with E-state index >= 15 is 0 Å². The lowest BCUT2D eigenvalue weighted by atomic mass is 9.93. The first kappa shape index (κ1) is 18.2. The molecular weight excluding hydrogens is 384 g/mol. The summed E-state index contributed by atoms with van der Waals surface area (Å²) in [6, 6.07) is 20.2. The molecule has 0 amide bonds. The zero-order valence-corrected chi connectivity index (χ0v) is 16.2. The number of esters is 1. The molecule has 1 aliphatic heterocycles. The zero-order chi connectivity index (χ0) is 20.7. The Kier molecular flexibility index (Phi) is 4.39. The third-order valence-electron chi connectivity index (χ3n) is 5.17. The minimum absolute atomic E-state index is 0.199. The molecule has 0 saturated heterocycles. The fourth-order valence-corrected chi connectivity index (χ4v) is 3.85. The van der Waals surface area contributed by atoms with Crippen molar-refractivity contribution in [2.75, 3.05) is 6.61 Å². The van der Waals surface area contributed by atoms with Crippen LogP contribution in [0.25, 0.3) is 22.3 Å². The Balaban J connectivity index is 1.67. The van der Waals surface area contributed by atoms with Crippen LogP contribution >= 0.6 is 0 Å². The van der Waals surface area contributed by atoms with Crippen LogP contribution in [0.15, 0.2) is 80.4 Å². The maximum Gasteiger partial charge on any atom is 0.348 e. The monoisotopic (exact) mass is 402 g/mol. The van der Waals surface area contributed by atoms with E-state index < -0.39 is 23.6 Å². The van der Waals surface area contributed by atoms with Crippen molar-refractivity contribution in [1.29, 1.82) is 0 Å². The second-order valence-electron chi connectivity index (χ2n) is 6.96. The summed E-state index contributed by atoms with van der Waals surface area (Å²) in [6.07, 6.45) is -1.04. The van der Waals surface area contributed by atoms with Gasteiger partial charge in [0.1, 0.15) is 28.8 Å². The smallest absolute Gasteiger partial charge is 0.348 e. The summed E-state index contributed by atoms with van der Waals surface area (Å²) in [7, 11) is 0. The number of hydrogen-bond donors (Lipinski definition) is 0. The summed E-state index contributed by atoms with van der Waals surface area (Å²) in [4.78, 5) is 25.6. The molecule has 3 heterocycles. The van der Waals surface area contributed by atoms with Gasteiger partial charge in [0, 0.05) is 5.56 Å². The summed E-state index contributed by atoms with van der Waals surface area (Å²) in [5.74, 6) is 0.0832. The van der Waals surface area contributed by atoms with Crippen LogP contribution in [0.4, 0.5) is 0 Å². The van der Waals surface area contributed by atoms with Crippen LogP contribution in [0.5, 0.6) is 5.75 Å². The predicted molar refractivity (Wildman–Crippen MR) is 110 cm³/mol. The highest BCUT2D eigenvalue weighted by Gasteiger charge is 2.46. The molecule has 2 aromatic heterocycles. The Morgan fingerprint density at radius 3 is 2.53 bits per heavy atom. The third-order valence-corrected chi connectivity index (χ3v) is 5.17. The lowest BCUT2D eigenvalue weighted by Crippen LogP contribution is -2.32. The quantitative estimate of drug-likeness (QED) is 0.369. The van der Waals surface area contributed by atoms with Gasteiger partial charge >= 0.3 is 11.6 Å². The molecule has 0 fully saturated rings. The van der Waals surface area contributed by atoms with Crippen molar-refractivity contribution in [3.63, 3.8) is 0 Å². The molecule has 2 atom stereocenters. The van der Waals surface area contributed by atoms with E-state index in [9.17, 15) is 9.59 Å². The van der Waals surface area contributed by atoms with Crippen LogP contribution in [0.3, 0.4) is 0 Å². The molecule has 4 aromatic rings. The van der Waals surface area contributed by atoms with E-state index in [1.165, 1.54) is 0 Å². The van der Waals surface area contributed by atoms with Gasteiger partial charge in [-0.2, -0.15) is 0 Å². The molecular formula is C24H18O6. The number of benzene rings is 2. The van der Waals surface area contributed by atoms with E-state index in [2.05, 4.69) is 0 Å². The van der Waals surface area contributed by atoms with Crippen LogP contribution in [-0.4, -0.2) is 18.7 Å². The van der Waals surface area contributed by atoms with Crippen LogP contribution < -0.4 is 10.4 Å². The van der Waals surface area contributed by atoms with Crippen LogP contribution in [0.1, 0.15) is 24.2 Å². The molecule has 0 saturated carbocycles. The average molecular weight is 402 g/mol. The topological polar surface area (TPSA) is 78.9 Å². The molecule has 30 heavy (non-hydrogen) atoms. The highest BCUT2D eigenvalue weighted by molar-refractivity contribution is 5.88. The summed E-state index contributed by atoms with van der Waals surface area (Å²) < 4.78 is 22.8. The SMILES string of the molecule is CCOC(=O)C1Oc2c(c(=O)oc3ccccc23)C1c1ccc(-c2ccccc2)o1. The Bertz CT molecular complexity index is 1280. The second-order valence-corrected chi connectivity index (χ2v) is 6.96. The van der Waals surface area contributed by atoms with Crippen LogP contribution in [0, 0.1) is 0 Å². The fraction of sp³-hybridized carbons (Fsp3) is 0.167. The molecule has 6 heteroatoms. The van der Waals surface area contributed by atoms with E-state index in [0.29, 0.717) is 28.2 Å². The van der Waals surface area contributed by atoms with Gasteiger partial charge in [-0.15, -0.1) is 0 Å². The number of fused-ring (bicyclic) bond motifs is 3. The van der Waals surface area contributed by atoms with E-state index in [0.717, 1.165) is 5.56 Å². The van der Waals surface area contributed by atoms with Crippen molar-refractivity contribution in [2.45, 2.75) is 18.9 Å². The summed E-state index contributed by atoms with van der Waals surface area (Å²) in [6.45, 7) is 1.92. The third kappa shape index (κ3) is 2.88. The lowest BCUT2D eigenvalue weighted by molar-refractivity contribution is -0.151. The van der Waals surface area contributed by atoms with Gasteiger partial charge in [-0.1, -0.05) is 42.5 Å². The molecule has 6 nitrogen and oxygen atoms in total. The highest BCUT2D eigenvalue weighted by Crippen LogP contribution is 2.45. The summed E-state index contributed by atoms with van der Waals surface area (Å²) >= 11 is 0. The van der Waals surface area contributed by atoms with Gasteiger partial charge in [0.25, 0.3) is 0 Å². The van der Waals surface area contributed by atoms with Gasteiger partial charge in [-0.05, 0) is 31.2 Å². The predicted octanol–water partition coefficient (Wildman–Crippen LogP) is 4.51. The highest BCUT2D eigenvalue weighted by atomic mass is 16.6. The zero-order valence-electron chi connectivity index (χ0n) is 16.2. The van der Waals surface area contributed by atoms with Crippen molar-refractivity contribution in [3.8, 4) is 17.1 Å². The van der Waals surface area contributed by atoms with Crippen molar-refractivity contribution in [1.82, 2.24) is 0 Å². The maximum atomic E-state index is 12.9. The number of hydrogen-bond acceptors (Lipinski definition) is 6. The van der Waals surface area contributed by atoms with Gasteiger partial charge in [0.2, 0.25) is 6.10 Å². The van der Waals surface area contributed by atoms with Gasteiger partial charge in [0.15, 0.2) is 0 Å². The van der Waals surface area contributed by atoms with E-state index in [1.54, 1.807) is 31.2 Å².